The largest absolute Gasteiger partial charge is 0.505 e. The summed E-state index contributed by atoms with van der Waals surface area (Å²) in [5.74, 6) is -0.415. The Morgan fingerprint density at radius 3 is 2.45 bits per heavy atom. The molecule has 0 aliphatic heterocycles. The van der Waals surface area contributed by atoms with Crippen molar-refractivity contribution in [2.45, 2.75) is 10.1 Å². The molecule has 0 aliphatic carbocycles. The second kappa shape index (κ2) is 8.67. The number of hydrogen-bond donors (Lipinski definition) is 1. The average Bonchev–Trinajstić information content (AvgIpc) is 3.29. The maximum atomic E-state index is 13.8. The first-order valence-corrected chi connectivity index (χ1v) is 10.4. The number of nitrogens with zero attached hydrogens (tertiary/aromatic N) is 4. The van der Waals surface area contributed by atoms with Crippen molar-refractivity contribution in [2.24, 2.45) is 10.2 Å². The van der Waals surface area contributed by atoms with Crippen LogP contribution in [0.4, 0.5) is 15.8 Å². The van der Waals surface area contributed by atoms with Crippen LogP contribution < -0.4 is 5.63 Å². The van der Waals surface area contributed by atoms with Gasteiger partial charge in [0.15, 0.2) is 5.75 Å². The maximum Gasteiger partial charge on any atom is 0.368 e. The van der Waals surface area contributed by atoms with E-state index in [1.54, 1.807) is 66.7 Å². The van der Waals surface area contributed by atoms with Gasteiger partial charge in [0, 0.05) is 5.56 Å². The van der Waals surface area contributed by atoms with Crippen LogP contribution in [-0.2, 0) is 0 Å². The smallest absolute Gasteiger partial charge is 0.368 e. The number of fused-ring (bicyclic) bond motifs is 1. The quantitative estimate of drug-likeness (QED) is 0.243. The summed E-state index contributed by atoms with van der Waals surface area (Å²) in [6.45, 7) is 0. The molecule has 1 N–H and O–H groups in total. The van der Waals surface area contributed by atoms with Crippen LogP contribution in [0.1, 0.15) is 0 Å². The third kappa shape index (κ3) is 4.23. The summed E-state index contributed by atoms with van der Waals surface area (Å²) in [6.07, 6.45) is 0. The fraction of sp³-hybridized carbons (Fsp3) is 0. The van der Waals surface area contributed by atoms with Gasteiger partial charge in [0.05, 0.1) is 16.0 Å². The van der Waals surface area contributed by atoms with Crippen LogP contribution in [0.25, 0.3) is 22.4 Å². The fourth-order valence-corrected chi connectivity index (χ4v) is 3.68. The Balaban J connectivity index is 1.35. The average molecular weight is 460 g/mol. The molecule has 33 heavy (non-hydrogen) atoms. The van der Waals surface area contributed by atoms with Crippen molar-refractivity contribution >= 4 is 34.1 Å². The summed E-state index contributed by atoms with van der Waals surface area (Å²) >= 11 is 1.03. The van der Waals surface area contributed by atoms with E-state index in [2.05, 4.69) is 20.4 Å². The molecule has 8 nitrogen and oxygen atoms in total. The number of para-hydroxylation sites is 1. The number of aromatic nitrogens is 2. The number of azo groups is 1. The molecule has 162 valence electrons. The Labute approximate surface area is 189 Å². The molecule has 3 aromatic carbocycles. The van der Waals surface area contributed by atoms with Gasteiger partial charge >= 0.3 is 5.63 Å². The molecule has 0 fully saturated rings. The molecule has 0 spiro atoms. The lowest BCUT2D eigenvalue weighted by Crippen LogP contribution is -1.98. The van der Waals surface area contributed by atoms with Crippen LogP contribution in [0.2, 0.25) is 0 Å². The zero-order chi connectivity index (χ0) is 22.8. The van der Waals surface area contributed by atoms with Crippen LogP contribution >= 0.6 is 11.8 Å². The normalized spacial score (nSPS) is 11.4. The lowest BCUT2D eigenvalue weighted by atomic mass is 10.2. The minimum absolute atomic E-state index is 0.206. The third-order valence-electron chi connectivity index (χ3n) is 4.58. The van der Waals surface area contributed by atoms with Gasteiger partial charge in [-0.3, -0.25) is 0 Å². The van der Waals surface area contributed by atoms with Crippen molar-refractivity contribution in [3.8, 4) is 17.2 Å². The standard InChI is InChI=1S/C23H13FN4O4S/c24-16-6-2-4-8-18(16)33-23-28-27-21(32-23)13-9-11-14(12-10-13)25-26-19-20(29)15-5-1-3-7-17(15)31-22(19)30/h1-12,29H. The monoisotopic (exact) mass is 460 g/mol. The van der Waals surface area contributed by atoms with E-state index in [1.165, 1.54) is 6.07 Å². The predicted octanol–water partition coefficient (Wildman–Crippen LogP) is 6.25. The molecule has 2 heterocycles. The Bertz CT molecular complexity index is 1550. The maximum absolute atomic E-state index is 13.8. The van der Waals surface area contributed by atoms with Crippen LogP contribution in [0.3, 0.4) is 0 Å². The number of aromatic hydroxyl groups is 1. The zero-order valence-corrected chi connectivity index (χ0v) is 17.5. The topological polar surface area (TPSA) is 114 Å². The van der Waals surface area contributed by atoms with E-state index in [1.807, 2.05) is 0 Å². The molecule has 0 atom stereocenters. The van der Waals surface area contributed by atoms with Crippen molar-refractivity contribution in [1.82, 2.24) is 10.2 Å². The molecule has 10 heteroatoms. The Morgan fingerprint density at radius 1 is 0.879 bits per heavy atom. The highest BCUT2D eigenvalue weighted by atomic mass is 32.2. The van der Waals surface area contributed by atoms with Gasteiger partial charge < -0.3 is 13.9 Å². The lowest BCUT2D eigenvalue weighted by molar-refractivity contribution is 0.465. The molecule has 0 saturated heterocycles. The van der Waals surface area contributed by atoms with Gasteiger partial charge in [0.2, 0.25) is 11.6 Å². The second-order valence-corrected chi connectivity index (χ2v) is 7.73. The summed E-state index contributed by atoms with van der Waals surface area (Å²) < 4.78 is 24.6. The molecule has 5 rings (SSSR count). The highest BCUT2D eigenvalue weighted by molar-refractivity contribution is 7.99. The molecule has 0 aliphatic rings. The van der Waals surface area contributed by atoms with Crippen molar-refractivity contribution in [1.29, 1.82) is 0 Å². The van der Waals surface area contributed by atoms with E-state index in [4.69, 9.17) is 8.83 Å². The van der Waals surface area contributed by atoms with E-state index in [0.717, 1.165) is 11.8 Å². The first-order valence-electron chi connectivity index (χ1n) is 9.61. The third-order valence-corrected chi connectivity index (χ3v) is 5.47. The lowest BCUT2D eigenvalue weighted by Gasteiger charge is -2.01. The minimum atomic E-state index is -0.794. The summed E-state index contributed by atoms with van der Waals surface area (Å²) in [5, 5.41) is 26.7. The summed E-state index contributed by atoms with van der Waals surface area (Å²) in [6, 6.07) is 19.5. The van der Waals surface area contributed by atoms with Crippen LogP contribution in [0, 0.1) is 5.82 Å². The van der Waals surface area contributed by atoms with E-state index in [-0.39, 0.29) is 34.0 Å². The highest BCUT2D eigenvalue weighted by Gasteiger charge is 2.14. The molecule has 5 aromatic rings. The van der Waals surface area contributed by atoms with Gasteiger partial charge in [-0.1, -0.05) is 24.3 Å². The number of rotatable bonds is 5. The summed E-state index contributed by atoms with van der Waals surface area (Å²) in [4.78, 5) is 12.5. The Kier molecular flexibility index (Phi) is 5.41. The number of halogens is 1. The predicted molar refractivity (Wildman–Crippen MR) is 119 cm³/mol. The van der Waals surface area contributed by atoms with Gasteiger partial charge in [0.1, 0.15) is 11.4 Å². The SMILES string of the molecule is O=c1oc2ccccc2c(O)c1N=Nc1ccc(-c2nnc(Sc3ccccc3F)o2)cc1. The molecule has 0 saturated carbocycles. The zero-order valence-electron chi connectivity index (χ0n) is 16.7. The first kappa shape index (κ1) is 20.6. The molecule has 0 amide bonds. The van der Waals surface area contributed by atoms with Crippen molar-refractivity contribution in [3.05, 3.63) is 89.0 Å². The highest BCUT2D eigenvalue weighted by Crippen LogP contribution is 2.33. The summed E-state index contributed by atoms with van der Waals surface area (Å²) in [7, 11) is 0. The Hall–Kier alpha value is -4.31. The van der Waals surface area contributed by atoms with Crippen molar-refractivity contribution in [3.63, 3.8) is 0 Å². The molecule has 0 bridgehead atoms. The minimum Gasteiger partial charge on any atom is -0.505 e. The van der Waals surface area contributed by atoms with Gasteiger partial charge in [0.25, 0.3) is 5.22 Å². The van der Waals surface area contributed by atoms with Crippen LogP contribution in [0.5, 0.6) is 5.75 Å². The van der Waals surface area contributed by atoms with E-state index >= 15 is 0 Å². The van der Waals surface area contributed by atoms with Gasteiger partial charge in [-0.25, -0.2) is 9.18 Å². The first-order chi connectivity index (χ1) is 16.1. The van der Waals surface area contributed by atoms with E-state index in [9.17, 15) is 14.3 Å². The van der Waals surface area contributed by atoms with Crippen molar-refractivity contribution < 1.29 is 18.3 Å². The van der Waals surface area contributed by atoms with Gasteiger partial charge in [-0.15, -0.1) is 15.3 Å². The molecule has 0 radical (unpaired) electrons. The van der Waals surface area contributed by atoms with Crippen LogP contribution in [0.15, 0.2) is 107 Å². The molecule has 0 unspecified atom stereocenters. The van der Waals surface area contributed by atoms with Gasteiger partial charge in [-0.2, -0.15) is 5.11 Å². The number of hydrogen-bond acceptors (Lipinski definition) is 9. The fourth-order valence-electron chi connectivity index (χ4n) is 2.98. The van der Waals surface area contributed by atoms with Gasteiger partial charge in [-0.05, 0) is 60.3 Å². The second-order valence-electron chi connectivity index (χ2n) is 6.74. The molecule has 2 aromatic heterocycles. The van der Waals surface area contributed by atoms with Crippen molar-refractivity contribution in [2.75, 3.05) is 0 Å². The number of benzene rings is 3. The summed E-state index contributed by atoms with van der Waals surface area (Å²) in [5.41, 5.74) is 0.221. The van der Waals surface area contributed by atoms with E-state index in [0.29, 0.717) is 21.5 Å². The molecular formula is C23H13FN4O4S. The Morgan fingerprint density at radius 2 is 1.64 bits per heavy atom. The van der Waals surface area contributed by atoms with E-state index < -0.39 is 5.63 Å². The van der Waals surface area contributed by atoms with Crippen LogP contribution in [-0.4, -0.2) is 15.3 Å². The molecular weight excluding hydrogens is 447 g/mol.